The minimum atomic E-state index is 0. The second-order valence-corrected chi connectivity index (χ2v) is 5.18. The van der Waals surface area contributed by atoms with Crippen LogP contribution in [0.2, 0.25) is 0 Å². The molecule has 100 valence electrons. The lowest BCUT2D eigenvalue weighted by Gasteiger charge is -2.35. The molecular formula is C13H25ClN2O. The molecule has 17 heavy (non-hydrogen) atoms. The molecule has 4 heteroatoms. The first-order valence-corrected chi connectivity index (χ1v) is 6.83. The maximum Gasteiger partial charge on any atom is 0.239 e. The highest BCUT2D eigenvalue weighted by Crippen LogP contribution is 2.21. The second kappa shape index (κ2) is 7.22. The van der Waals surface area contributed by atoms with Crippen molar-refractivity contribution < 1.29 is 4.79 Å². The first-order valence-electron chi connectivity index (χ1n) is 6.83. The number of rotatable bonds is 2. The molecule has 0 aromatic carbocycles. The van der Waals surface area contributed by atoms with E-state index < -0.39 is 0 Å². The third kappa shape index (κ3) is 3.85. The predicted molar refractivity (Wildman–Crippen MR) is 72.5 cm³/mol. The van der Waals surface area contributed by atoms with E-state index in [4.69, 9.17) is 0 Å². The van der Waals surface area contributed by atoms with Gasteiger partial charge in [0.1, 0.15) is 0 Å². The van der Waals surface area contributed by atoms with Gasteiger partial charge in [-0.3, -0.25) is 4.79 Å². The molecule has 2 aliphatic rings. The lowest BCUT2D eigenvalue weighted by Crippen LogP contribution is -2.50. The van der Waals surface area contributed by atoms with Gasteiger partial charge in [0.25, 0.3) is 0 Å². The van der Waals surface area contributed by atoms with E-state index in [1.165, 1.54) is 32.1 Å². The van der Waals surface area contributed by atoms with E-state index in [1.54, 1.807) is 0 Å². The van der Waals surface area contributed by atoms with Crippen molar-refractivity contribution >= 4 is 18.3 Å². The fourth-order valence-electron chi connectivity index (χ4n) is 2.84. The molecular weight excluding hydrogens is 236 g/mol. The molecule has 1 atom stereocenters. The van der Waals surface area contributed by atoms with E-state index in [9.17, 15) is 4.79 Å². The van der Waals surface area contributed by atoms with Gasteiger partial charge in [-0.25, -0.2) is 0 Å². The van der Waals surface area contributed by atoms with E-state index in [-0.39, 0.29) is 18.4 Å². The number of carbonyl (C=O) groups is 1. The number of likely N-dealkylation sites (tertiary alicyclic amines) is 1. The van der Waals surface area contributed by atoms with E-state index in [0.29, 0.717) is 5.91 Å². The summed E-state index contributed by atoms with van der Waals surface area (Å²) in [6, 6.07) is 0.118. The zero-order chi connectivity index (χ0) is 11.4. The van der Waals surface area contributed by atoms with Crippen molar-refractivity contribution in [3.63, 3.8) is 0 Å². The van der Waals surface area contributed by atoms with Gasteiger partial charge in [-0.2, -0.15) is 0 Å². The minimum Gasteiger partial charge on any atom is -0.341 e. The summed E-state index contributed by atoms with van der Waals surface area (Å²) < 4.78 is 0. The number of hydrogen-bond donors (Lipinski definition) is 1. The fourth-order valence-corrected chi connectivity index (χ4v) is 2.84. The molecule has 0 bridgehead atoms. The Morgan fingerprint density at radius 2 is 1.94 bits per heavy atom. The van der Waals surface area contributed by atoms with Gasteiger partial charge in [-0.1, -0.05) is 19.8 Å². The average Bonchev–Trinajstić information content (AvgIpc) is 2.39. The molecule has 0 aromatic rings. The number of carbonyl (C=O) groups excluding carboxylic acids is 1. The molecule has 3 nitrogen and oxygen atoms in total. The van der Waals surface area contributed by atoms with Crippen molar-refractivity contribution in [2.45, 2.75) is 51.5 Å². The molecule has 1 N–H and O–H groups in total. The van der Waals surface area contributed by atoms with Crippen LogP contribution in [0.15, 0.2) is 0 Å². The van der Waals surface area contributed by atoms with Crippen LogP contribution in [0.1, 0.15) is 45.4 Å². The zero-order valence-corrected chi connectivity index (χ0v) is 11.6. The molecule has 1 unspecified atom stereocenters. The Balaban J connectivity index is 0.00000144. The van der Waals surface area contributed by atoms with Crippen LogP contribution >= 0.6 is 12.4 Å². The Hall–Kier alpha value is -0.280. The Bertz CT molecular complexity index is 234. The lowest BCUT2D eigenvalue weighted by atomic mass is 9.93. The van der Waals surface area contributed by atoms with Crippen molar-refractivity contribution in [2.24, 2.45) is 5.92 Å². The summed E-state index contributed by atoms with van der Waals surface area (Å²) in [6.07, 6.45) is 7.14. The van der Waals surface area contributed by atoms with Crippen molar-refractivity contribution in [1.82, 2.24) is 10.2 Å². The Morgan fingerprint density at radius 3 is 2.47 bits per heavy atom. The molecule has 2 saturated heterocycles. The molecule has 2 rings (SSSR count). The van der Waals surface area contributed by atoms with Gasteiger partial charge in [-0.05, 0) is 38.1 Å². The molecule has 1 amide bonds. The van der Waals surface area contributed by atoms with Crippen molar-refractivity contribution in [1.29, 1.82) is 0 Å². The number of halogens is 1. The SMILES string of the molecule is CCC1CCN(C(=O)C2CCCCN2)CC1.Cl. The molecule has 2 aliphatic heterocycles. The lowest BCUT2D eigenvalue weighted by molar-refractivity contribution is -0.135. The summed E-state index contributed by atoms with van der Waals surface area (Å²) in [4.78, 5) is 14.3. The number of nitrogens with one attached hydrogen (secondary N) is 1. The number of nitrogens with zero attached hydrogens (tertiary/aromatic N) is 1. The zero-order valence-electron chi connectivity index (χ0n) is 10.8. The number of amides is 1. The molecule has 0 spiro atoms. The van der Waals surface area contributed by atoms with Crippen molar-refractivity contribution in [3.8, 4) is 0 Å². The van der Waals surface area contributed by atoms with Crippen LogP contribution in [0.3, 0.4) is 0 Å². The van der Waals surface area contributed by atoms with Crippen molar-refractivity contribution in [3.05, 3.63) is 0 Å². The Labute approximate surface area is 111 Å². The maximum absolute atomic E-state index is 12.2. The summed E-state index contributed by atoms with van der Waals surface area (Å²) in [7, 11) is 0. The van der Waals surface area contributed by atoms with E-state index in [0.717, 1.165) is 32.0 Å². The average molecular weight is 261 g/mol. The number of piperidine rings is 2. The maximum atomic E-state index is 12.2. The molecule has 2 heterocycles. The van der Waals surface area contributed by atoms with Crippen LogP contribution < -0.4 is 5.32 Å². The summed E-state index contributed by atoms with van der Waals surface area (Å²) in [5, 5.41) is 3.35. The van der Waals surface area contributed by atoms with E-state index in [1.807, 2.05) is 0 Å². The van der Waals surface area contributed by atoms with Gasteiger partial charge in [0, 0.05) is 13.1 Å². The largest absolute Gasteiger partial charge is 0.341 e. The number of hydrogen-bond acceptors (Lipinski definition) is 2. The molecule has 2 fully saturated rings. The minimum absolute atomic E-state index is 0. The Morgan fingerprint density at radius 1 is 1.24 bits per heavy atom. The standard InChI is InChI=1S/C13H24N2O.ClH/c1-2-11-6-9-15(10-7-11)13(16)12-5-3-4-8-14-12;/h11-12,14H,2-10H2,1H3;1H. The Kier molecular flexibility index (Phi) is 6.28. The van der Waals surface area contributed by atoms with Gasteiger partial charge in [0.05, 0.1) is 6.04 Å². The molecule has 0 saturated carbocycles. The van der Waals surface area contributed by atoms with Crippen LogP contribution in [-0.4, -0.2) is 36.5 Å². The summed E-state index contributed by atoms with van der Waals surface area (Å²) in [5.41, 5.74) is 0. The van der Waals surface area contributed by atoms with Crippen LogP contribution in [0.25, 0.3) is 0 Å². The topological polar surface area (TPSA) is 32.3 Å². The first-order chi connectivity index (χ1) is 7.81. The quantitative estimate of drug-likeness (QED) is 0.826. The highest BCUT2D eigenvalue weighted by Gasteiger charge is 2.28. The van der Waals surface area contributed by atoms with Gasteiger partial charge in [0.2, 0.25) is 5.91 Å². The van der Waals surface area contributed by atoms with Crippen LogP contribution in [-0.2, 0) is 4.79 Å². The summed E-state index contributed by atoms with van der Waals surface area (Å²) >= 11 is 0. The normalized spacial score (nSPS) is 26.4. The fraction of sp³-hybridized carbons (Fsp3) is 0.923. The second-order valence-electron chi connectivity index (χ2n) is 5.18. The molecule has 0 radical (unpaired) electrons. The van der Waals surface area contributed by atoms with Crippen LogP contribution in [0.5, 0.6) is 0 Å². The van der Waals surface area contributed by atoms with Gasteiger partial charge in [0.15, 0.2) is 0 Å². The predicted octanol–water partition coefficient (Wildman–Crippen LogP) is 2.20. The van der Waals surface area contributed by atoms with Gasteiger partial charge < -0.3 is 10.2 Å². The third-order valence-corrected chi connectivity index (χ3v) is 4.11. The monoisotopic (exact) mass is 260 g/mol. The smallest absolute Gasteiger partial charge is 0.239 e. The summed E-state index contributed by atoms with van der Waals surface area (Å²) in [6.45, 7) is 5.23. The first kappa shape index (κ1) is 14.8. The molecule has 0 aromatic heterocycles. The van der Waals surface area contributed by atoms with Crippen molar-refractivity contribution in [2.75, 3.05) is 19.6 Å². The van der Waals surface area contributed by atoms with E-state index >= 15 is 0 Å². The van der Waals surface area contributed by atoms with Gasteiger partial charge >= 0.3 is 0 Å². The molecule has 0 aliphatic carbocycles. The van der Waals surface area contributed by atoms with Crippen LogP contribution in [0.4, 0.5) is 0 Å². The highest BCUT2D eigenvalue weighted by molar-refractivity contribution is 5.85. The van der Waals surface area contributed by atoms with E-state index in [2.05, 4.69) is 17.1 Å². The highest BCUT2D eigenvalue weighted by atomic mass is 35.5. The summed E-state index contributed by atoms with van der Waals surface area (Å²) in [5.74, 6) is 1.21. The van der Waals surface area contributed by atoms with Crippen LogP contribution in [0, 0.1) is 5.92 Å². The van der Waals surface area contributed by atoms with Gasteiger partial charge in [-0.15, -0.1) is 12.4 Å². The third-order valence-electron chi connectivity index (χ3n) is 4.11.